The first-order valence-electron chi connectivity index (χ1n) is 8.92. The number of ether oxygens (including phenoxy) is 1. The Kier molecular flexibility index (Phi) is 7.34. The van der Waals surface area contributed by atoms with Crippen LogP contribution in [0.5, 0.6) is 5.75 Å². The Bertz CT molecular complexity index is 446. The molecule has 0 aromatic heterocycles. The molecule has 0 spiro atoms. The molecule has 0 amide bonds. The van der Waals surface area contributed by atoms with E-state index in [0.717, 1.165) is 57.9 Å². The molecule has 0 aliphatic carbocycles. The third-order valence-corrected chi connectivity index (χ3v) is 4.88. The second-order valence-corrected chi connectivity index (χ2v) is 6.55. The average Bonchev–Trinajstić information content (AvgIpc) is 2.56. The molecule has 1 aliphatic heterocycles. The van der Waals surface area contributed by atoms with E-state index in [-0.39, 0.29) is 6.61 Å². The number of aryl methyl sites for hydroxylation is 2. The summed E-state index contributed by atoms with van der Waals surface area (Å²) < 4.78 is 5.98. The zero-order valence-corrected chi connectivity index (χ0v) is 14.9. The lowest BCUT2D eigenvalue weighted by Gasteiger charge is -2.38. The van der Waals surface area contributed by atoms with Gasteiger partial charge in [0.2, 0.25) is 0 Å². The van der Waals surface area contributed by atoms with Crippen molar-refractivity contribution in [2.75, 3.05) is 45.9 Å². The van der Waals surface area contributed by atoms with Gasteiger partial charge in [-0.15, -0.1) is 0 Å². The van der Waals surface area contributed by atoms with Crippen LogP contribution in [0.3, 0.4) is 0 Å². The predicted molar refractivity (Wildman–Crippen MR) is 95.2 cm³/mol. The van der Waals surface area contributed by atoms with E-state index in [2.05, 4.69) is 48.8 Å². The number of rotatable bonds is 8. The SMILES string of the molecule is CCC(CO)N1CCN(CCCOc2c(C)cccc2C)CC1. The minimum absolute atomic E-state index is 0.278. The summed E-state index contributed by atoms with van der Waals surface area (Å²) in [5.74, 6) is 1.05. The van der Waals surface area contributed by atoms with Gasteiger partial charge in [0.1, 0.15) is 5.75 Å². The molecule has 0 bridgehead atoms. The highest BCUT2D eigenvalue weighted by Gasteiger charge is 2.21. The number of nitrogens with zero attached hydrogens (tertiary/aromatic N) is 2. The Morgan fingerprint density at radius 2 is 1.78 bits per heavy atom. The Balaban J connectivity index is 1.66. The molecule has 130 valence electrons. The second kappa shape index (κ2) is 9.26. The molecule has 4 nitrogen and oxygen atoms in total. The summed E-state index contributed by atoms with van der Waals surface area (Å²) >= 11 is 0. The van der Waals surface area contributed by atoms with Gasteiger partial charge in [0.05, 0.1) is 13.2 Å². The van der Waals surface area contributed by atoms with Crippen LogP contribution in [-0.4, -0.2) is 66.9 Å². The van der Waals surface area contributed by atoms with Gasteiger partial charge in [0.15, 0.2) is 0 Å². The van der Waals surface area contributed by atoms with Gasteiger partial charge < -0.3 is 14.7 Å². The van der Waals surface area contributed by atoms with E-state index in [0.29, 0.717) is 6.04 Å². The number of benzene rings is 1. The fraction of sp³-hybridized carbons (Fsp3) is 0.684. The smallest absolute Gasteiger partial charge is 0.125 e. The molecule has 1 aromatic carbocycles. The topological polar surface area (TPSA) is 35.9 Å². The molecular formula is C19H32N2O2. The monoisotopic (exact) mass is 320 g/mol. The molecular weight excluding hydrogens is 288 g/mol. The van der Waals surface area contributed by atoms with Crippen molar-refractivity contribution >= 4 is 0 Å². The number of para-hydroxylation sites is 1. The summed E-state index contributed by atoms with van der Waals surface area (Å²) in [6, 6.07) is 6.62. The highest BCUT2D eigenvalue weighted by atomic mass is 16.5. The maximum absolute atomic E-state index is 9.40. The van der Waals surface area contributed by atoms with E-state index < -0.39 is 0 Å². The highest BCUT2D eigenvalue weighted by Crippen LogP contribution is 2.22. The van der Waals surface area contributed by atoms with Gasteiger partial charge in [-0.05, 0) is 37.8 Å². The first-order valence-corrected chi connectivity index (χ1v) is 8.92. The molecule has 1 unspecified atom stereocenters. The van der Waals surface area contributed by atoms with Gasteiger partial charge in [0, 0.05) is 38.8 Å². The highest BCUT2D eigenvalue weighted by molar-refractivity contribution is 5.39. The van der Waals surface area contributed by atoms with Crippen molar-refractivity contribution in [3.63, 3.8) is 0 Å². The van der Waals surface area contributed by atoms with Crippen molar-refractivity contribution in [2.45, 2.75) is 39.7 Å². The van der Waals surface area contributed by atoms with Crippen molar-refractivity contribution in [2.24, 2.45) is 0 Å². The summed E-state index contributed by atoms with van der Waals surface area (Å²) in [5, 5.41) is 9.40. The van der Waals surface area contributed by atoms with Crippen LogP contribution < -0.4 is 4.74 Å². The minimum Gasteiger partial charge on any atom is -0.493 e. The number of piperazine rings is 1. The molecule has 1 heterocycles. The normalized spacial score (nSPS) is 18.1. The third-order valence-electron chi connectivity index (χ3n) is 4.88. The van der Waals surface area contributed by atoms with Crippen LogP contribution in [0.15, 0.2) is 18.2 Å². The van der Waals surface area contributed by atoms with Crippen molar-refractivity contribution in [3.8, 4) is 5.75 Å². The molecule has 2 rings (SSSR count). The summed E-state index contributed by atoms with van der Waals surface area (Å²) in [4.78, 5) is 4.93. The van der Waals surface area contributed by atoms with Crippen molar-refractivity contribution in [1.82, 2.24) is 9.80 Å². The van der Waals surface area contributed by atoms with Crippen LogP contribution in [0.4, 0.5) is 0 Å². The van der Waals surface area contributed by atoms with Crippen molar-refractivity contribution in [3.05, 3.63) is 29.3 Å². The van der Waals surface area contributed by atoms with Crippen LogP contribution >= 0.6 is 0 Å². The summed E-state index contributed by atoms with van der Waals surface area (Å²) in [6.07, 6.45) is 2.09. The average molecular weight is 320 g/mol. The van der Waals surface area contributed by atoms with E-state index in [1.165, 1.54) is 11.1 Å². The molecule has 0 saturated carbocycles. The minimum atomic E-state index is 0.278. The summed E-state index contributed by atoms with van der Waals surface area (Å²) in [5.41, 5.74) is 2.43. The number of aliphatic hydroxyl groups is 1. The zero-order chi connectivity index (χ0) is 16.7. The number of aliphatic hydroxyl groups excluding tert-OH is 1. The number of hydrogen-bond acceptors (Lipinski definition) is 4. The van der Waals surface area contributed by atoms with Crippen LogP contribution in [-0.2, 0) is 0 Å². The second-order valence-electron chi connectivity index (χ2n) is 6.55. The van der Waals surface area contributed by atoms with E-state index in [9.17, 15) is 5.11 Å². The molecule has 1 aromatic rings. The molecule has 1 saturated heterocycles. The Labute approximate surface area is 141 Å². The van der Waals surface area contributed by atoms with Crippen LogP contribution in [0.1, 0.15) is 30.9 Å². The van der Waals surface area contributed by atoms with Gasteiger partial charge in [-0.1, -0.05) is 25.1 Å². The predicted octanol–water partition coefficient (Wildman–Crippen LogP) is 2.46. The molecule has 4 heteroatoms. The van der Waals surface area contributed by atoms with E-state index in [1.54, 1.807) is 0 Å². The summed E-state index contributed by atoms with van der Waals surface area (Å²) in [7, 11) is 0. The standard InChI is InChI=1S/C19H32N2O2/c1-4-18(15-22)21-12-10-20(11-13-21)9-6-14-23-19-16(2)7-5-8-17(19)3/h5,7-8,18,22H,4,6,9-15H2,1-3H3. The van der Waals surface area contributed by atoms with Crippen molar-refractivity contribution < 1.29 is 9.84 Å². The van der Waals surface area contributed by atoms with Gasteiger partial charge in [-0.3, -0.25) is 4.90 Å². The Morgan fingerprint density at radius 1 is 1.13 bits per heavy atom. The van der Waals surface area contributed by atoms with Gasteiger partial charge >= 0.3 is 0 Å². The van der Waals surface area contributed by atoms with Gasteiger partial charge in [-0.25, -0.2) is 0 Å². The van der Waals surface area contributed by atoms with Crippen LogP contribution in [0.2, 0.25) is 0 Å². The van der Waals surface area contributed by atoms with E-state index in [1.807, 2.05) is 0 Å². The lowest BCUT2D eigenvalue weighted by Crippen LogP contribution is -2.51. The largest absolute Gasteiger partial charge is 0.493 e. The van der Waals surface area contributed by atoms with Crippen molar-refractivity contribution in [1.29, 1.82) is 0 Å². The quantitative estimate of drug-likeness (QED) is 0.747. The van der Waals surface area contributed by atoms with E-state index in [4.69, 9.17) is 4.74 Å². The summed E-state index contributed by atoms with van der Waals surface area (Å²) in [6.45, 7) is 12.8. The maximum Gasteiger partial charge on any atom is 0.125 e. The zero-order valence-electron chi connectivity index (χ0n) is 14.9. The Morgan fingerprint density at radius 3 is 2.35 bits per heavy atom. The lowest BCUT2D eigenvalue weighted by molar-refractivity contribution is 0.0617. The molecule has 1 N–H and O–H groups in total. The molecule has 1 aliphatic rings. The molecule has 0 radical (unpaired) electrons. The third kappa shape index (κ3) is 5.20. The van der Waals surface area contributed by atoms with Gasteiger partial charge in [0.25, 0.3) is 0 Å². The molecule has 1 atom stereocenters. The van der Waals surface area contributed by atoms with Crippen LogP contribution in [0, 0.1) is 13.8 Å². The lowest BCUT2D eigenvalue weighted by atomic mass is 10.1. The number of hydrogen-bond donors (Lipinski definition) is 1. The fourth-order valence-electron chi connectivity index (χ4n) is 3.34. The molecule has 1 fully saturated rings. The van der Waals surface area contributed by atoms with Gasteiger partial charge in [-0.2, -0.15) is 0 Å². The Hall–Kier alpha value is -1.10. The first-order chi connectivity index (χ1) is 11.2. The first kappa shape index (κ1) is 18.2. The van der Waals surface area contributed by atoms with Crippen LogP contribution in [0.25, 0.3) is 0 Å². The maximum atomic E-state index is 9.40. The van der Waals surface area contributed by atoms with E-state index >= 15 is 0 Å². The molecule has 23 heavy (non-hydrogen) atoms. The fourth-order valence-corrected chi connectivity index (χ4v) is 3.34.